The molecular formula is C21H31N5O. The van der Waals surface area contributed by atoms with E-state index in [1.807, 2.05) is 41.0 Å². The van der Waals surface area contributed by atoms with Crippen molar-refractivity contribution < 1.29 is 4.79 Å². The van der Waals surface area contributed by atoms with Crippen LogP contribution in [0.25, 0.3) is 0 Å². The van der Waals surface area contributed by atoms with Crippen molar-refractivity contribution in [2.45, 2.75) is 52.1 Å². The molecule has 0 aromatic carbocycles. The number of amides is 1. The van der Waals surface area contributed by atoms with Gasteiger partial charge in [-0.25, -0.2) is 4.98 Å². The maximum absolute atomic E-state index is 13.1. The summed E-state index contributed by atoms with van der Waals surface area (Å²) in [6.07, 6.45) is 9.77. The lowest BCUT2D eigenvalue weighted by molar-refractivity contribution is 0.0593. The lowest BCUT2D eigenvalue weighted by atomic mass is 9.98. The number of nitrogens with zero attached hydrogens (tertiary/aromatic N) is 5. The molecule has 0 radical (unpaired) electrons. The van der Waals surface area contributed by atoms with Crippen molar-refractivity contribution in [3.63, 3.8) is 0 Å². The molecule has 0 bridgehead atoms. The van der Waals surface area contributed by atoms with Crippen molar-refractivity contribution in [3.8, 4) is 0 Å². The van der Waals surface area contributed by atoms with Gasteiger partial charge in [-0.05, 0) is 49.8 Å². The monoisotopic (exact) mass is 369 g/mol. The van der Waals surface area contributed by atoms with Gasteiger partial charge in [0, 0.05) is 51.3 Å². The smallest absolute Gasteiger partial charge is 0.255 e. The topological polar surface area (TPSA) is 54.3 Å². The predicted molar refractivity (Wildman–Crippen MR) is 108 cm³/mol. The normalized spacial score (nSPS) is 17.3. The highest BCUT2D eigenvalue weighted by Crippen LogP contribution is 2.23. The number of aryl methyl sites for hydroxylation is 1. The predicted octanol–water partition coefficient (Wildman–Crippen LogP) is 3.46. The zero-order valence-electron chi connectivity index (χ0n) is 16.7. The van der Waals surface area contributed by atoms with E-state index in [1.165, 1.54) is 6.42 Å². The molecule has 6 nitrogen and oxygen atoms in total. The largest absolute Gasteiger partial charge is 0.359 e. The first kappa shape index (κ1) is 19.4. The molecule has 0 aliphatic carbocycles. The number of rotatable bonds is 7. The van der Waals surface area contributed by atoms with Crippen molar-refractivity contribution in [1.29, 1.82) is 0 Å². The van der Waals surface area contributed by atoms with Gasteiger partial charge < -0.3 is 9.80 Å². The second kappa shape index (κ2) is 9.02. The molecule has 146 valence electrons. The molecule has 0 saturated carbocycles. The third-order valence-electron chi connectivity index (χ3n) is 5.16. The standard InChI is InChI=1S/C21H31N5O/c1-17(2)16-24(3)20-9-8-18(15-22-20)21(27)26-13-5-4-7-19(26)10-14-25-12-6-11-23-25/h6,8-9,11-12,15,17,19H,4-5,7,10,13-14,16H2,1-3H3/t19-/m0/s1. The number of hydrogen-bond acceptors (Lipinski definition) is 4. The van der Waals surface area contributed by atoms with E-state index < -0.39 is 0 Å². The quantitative estimate of drug-likeness (QED) is 0.750. The van der Waals surface area contributed by atoms with Crippen LogP contribution in [0, 0.1) is 5.92 Å². The number of hydrogen-bond donors (Lipinski definition) is 0. The van der Waals surface area contributed by atoms with Gasteiger partial charge in [0.15, 0.2) is 0 Å². The van der Waals surface area contributed by atoms with E-state index >= 15 is 0 Å². The molecule has 2 aromatic rings. The first-order valence-electron chi connectivity index (χ1n) is 10.00. The minimum Gasteiger partial charge on any atom is -0.359 e. The molecule has 1 aliphatic rings. The molecule has 27 heavy (non-hydrogen) atoms. The van der Waals surface area contributed by atoms with Crippen LogP contribution in [0.1, 0.15) is 49.9 Å². The van der Waals surface area contributed by atoms with E-state index in [9.17, 15) is 4.79 Å². The third-order valence-corrected chi connectivity index (χ3v) is 5.16. The van der Waals surface area contributed by atoms with Crippen LogP contribution in [0.2, 0.25) is 0 Å². The number of anilines is 1. The number of aromatic nitrogens is 3. The molecular weight excluding hydrogens is 338 g/mol. The highest BCUT2D eigenvalue weighted by atomic mass is 16.2. The van der Waals surface area contributed by atoms with E-state index in [0.717, 1.165) is 44.7 Å². The van der Waals surface area contributed by atoms with Crippen LogP contribution >= 0.6 is 0 Å². The Labute approximate surface area is 162 Å². The molecule has 0 unspecified atom stereocenters. The van der Waals surface area contributed by atoms with Crippen molar-refractivity contribution in [2.24, 2.45) is 5.92 Å². The number of piperidine rings is 1. The summed E-state index contributed by atoms with van der Waals surface area (Å²) in [4.78, 5) is 21.8. The Hall–Kier alpha value is -2.37. The molecule has 6 heteroatoms. The summed E-state index contributed by atoms with van der Waals surface area (Å²) in [7, 11) is 2.04. The molecule has 2 aromatic heterocycles. The Morgan fingerprint density at radius 2 is 2.19 bits per heavy atom. The molecule has 1 aliphatic heterocycles. The van der Waals surface area contributed by atoms with Crippen LogP contribution in [-0.2, 0) is 6.54 Å². The molecule has 3 rings (SSSR count). The van der Waals surface area contributed by atoms with E-state index in [2.05, 4.69) is 28.8 Å². The van der Waals surface area contributed by atoms with E-state index in [-0.39, 0.29) is 11.9 Å². The van der Waals surface area contributed by atoms with Gasteiger partial charge in [0.1, 0.15) is 5.82 Å². The summed E-state index contributed by atoms with van der Waals surface area (Å²) in [6, 6.07) is 6.09. The minimum absolute atomic E-state index is 0.103. The molecule has 1 atom stereocenters. The zero-order valence-corrected chi connectivity index (χ0v) is 16.7. The second-order valence-corrected chi connectivity index (χ2v) is 7.89. The van der Waals surface area contributed by atoms with Crippen LogP contribution in [0.3, 0.4) is 0 Å². The van der Waals surface area contributed by atoms with Gasteiger partial charge in [0.05, 0.1) is 5.56 Å². The number of pyridine rings is 1. The van der Waals surface area contributed by atoms with Crippen LogP contribution in [-0.4, -0.2) is 51.8 Å². The van der Waals surface area contributed by atoms with Gasteiger partial charge in [0.25, 0.3) is 5.91 Å². The fraction of sp³-hybridized carbons (Fsp3) is 0.571. The highest BCUT2D eigenvalue weighted by molar-refractivity contribution is 5.94. The Kier molecular flexibility index (Phi) is 6.48. The summed E-state index contributed by atoms with van der Waals surface area (Å²) in [5, 5.41) is 4.27. The van der Waals surface area contributed by atoms with E-state index in [1.54, 1.807) is 12.4 Å². The van der Waals surface area contributed by atoms with Gasteiger partial charge in [-0.3, -0.25) is 9.48 Å². The summed E-state index contributed by atoms with van der Waals surface area (Å²) in [6.45, 7) is 7.00. The van der Waals surface area contributed by atoms with Crippen molar-refractivity contribution in [1.82, 2.24) is 19.7 Å². The molecule has 3 heterocycles. The summed E-state index contributed by atoms with van der Waals surface area (Å²) >= 11 is 0. The van der Waals surface area contributed by atoms with Crippen LogP contribution < -0.4 is 4.90 Å². The average molecular weight is 370 g/mol. The van der Waals surface area contributed by atoms with Crippen molar-refractivity contribution in [3.05, 3.63) is 42.4 Å². The lowest BCUT2D eigenvalue weighted by Gasteiger charge is -2.36. The first-order valence-corrected chi connectivity index (χ1v) is 10.00. The number of carbonyl (C=O) groups is 1. The molecule has 1 saturated heterocycles. The van der Waals surface area contributed by atoms with Gasteiger partial charge in [-0.2, -0.15) is 5.10 Å². The van der Waals surface area contributed by atoms with E-state index in [0.29, 0.717) is 11.5 Å². The third kappa shape index (κ3) is 5.08. The first-order chi connectivity index (χ1) is 13.0. The molecule has 0 spiro atoms. The minimum atomic E-state index is 0.103. The summed E-state index contributed by atoms with van der Waals surface area (Å²) in [5.41, 5.74) is 0.683. The summed E-state index contributed by atoms with van der Waals surface area (Å²) < 4.78 is 1.94. The fourth-order valence-electron chi connectivity index (χ4n) is 3.83. The molecule has 0 N–H and O–H groups in total. The highest BCUT2D eigenvalue weighted by Gasteiger charge is 2.27. The second-order valence-electron chi connectivity index (χ2n) is 7.89. The van der Waals surface area contributed by atoms with Crippen LogP contribution in [0.4, 0.5) is 5.82 Å². The molecule has 1 amide bonds. The van der Waals surface area contributed by atoms with Gasteiger partial charge in [-0.1, -0.05) is 13.8 Å². The average Bonchev–Trinajstić information content (AvgIpc) is 3.19. The maximum Gasteiger partial charge on any atom is 0.255 e. The zero-order chi connectivity index (χ0) is 19.2. The Bertz CT molecular complexity index is 711. The van der Waals surface area contributed by atoms with Gasteiger partial charge in [-0.15, -0.1) is 0 Å². The van der Waals surface area contributed by atoms with Crippen molar-refractivity contribution in [2.75, 3.05) is 25.0 Å². The fourth-order valence-corrected chi connectivity index (χ4v) is 3.83. The summed E-state index contributed by atoms with van der Waals surface area (Å²) in [5.74, 6) is 1.59. The van der Waals surface area contributed by atoms with Gasteiger partial charge >= 0.3 is 0 Å². The van der Waals surface area contributed by atoms with E-state index in [4.69, 9.17) is 0 Å². The Balaban J connectivity index is 1.65. The van der Waals surface area contributed by atoms with Crippen LogP contribution in [0.5, 0.6) is 0 Å². The SMILES string of the molecule is CC(C)CN(C)c1ccc(C(=O)N2CCCC[C@H]2CCn2cccn2)cn1. The lowest BCUT2D eigenvalue weighted by Crippen LogP contribution is -2.44. The number of carbonyl (C=O) groups excluding carboxylic acids is 1. The van der Waals surface area contributed by atoms with Crippen LogP contribution in [0.15, 0.2) is 36.8 Å². The number of likely N-dealkylation sites (tertiary alicyclic amines) is 1. The maximum atomic E-state index is 13.1. The Morgan fingerprint density at radius 3 is 2.85 bits per heavy atom. The van der Waals surface area contributed by atoms with Crippen molar-refractivity contribution >= 4 is 11.7 Å². The van der Waals surface area contributed by atoms with Gasteiger partial charge in [0.2, 0.25) is 0 Å². The Morgan fingerprint density at radius 1 is 1.33 bits per heavy atom. The molecule has 1 fully saturated rings.